The minimum absolute atomic E-state index is 0.294. The van der Waals surface area contributed by atoms with Crippen LogP contribution in [-0.2, 0) is 6.18 Å². The molecule has 0 aromatic heterocycles. The molecule has 0 saturated carbocycles. The molecule has 2 aromatic carbocycles. The summed E-state index contributed by atoms with van der Waals surface area (Å²) in [5.41, 5.74) is -0.298. The average Bonchev–Trinajstić information content (AvgIpc) is 2.47. The Hall–Kier alpha value is -2.13. The number of nitrogens with one attached hydrogen (secondary N) is 1. The molecule has 2 aromatic rings. The number of anilines is 2. The Kier molecular flexibility index (Phi) is 4.43. The summed E-state index contributed by atoms with van der Waals surface area (Å²) in [7, 11) is 0. The first-order valence-corrected chi connectivity index (χ1v) is 7.19. The van der Waals surface area contributed by atoms with Crippen LogP contribution in [0, 0.1) is 11.3 Å². The maximum absolute atomic E-state index is 12.9. The highest BCUT2D eigenvalue weighted by Gasteiger charge is 2.33. The number of hydrogen-bond acceptors (Lipinski definition) is 3. The Morgan fingerprint density at radius 2 is 1.86 bits per heavy atom. The van der Waals surface area contributed by atoms with Crippen LogP contribution in [0.5, 0.6) is 0 Å². The van der Waals surface area contributed by atoms with E-state index in [2.05, 4.69) is 5.32 Å². The van der Waals surface area contributed by atoms with Crippen LogP contribution in [0.4, 0.5) is 24.5 Å². The van der Waals surface area contributed by atoms with Gasteiger partial charge in [-0.2, -0.15) is 18.4 Å². The number of para-hydroxylation sites is 1. The summed E-state index contributed by atoms with van der Waals surface area (Å²) in [6.45, 7) is 0. The lowest BCUT2D eigenvalue weighted by atomic mass is 10.1. The van der Waals surface area contributed by atoms with Crippen molar-refractivity contribution < 1.29 is 13.2 Å². The third kappa shape index (κ3) is 3.50. The van der Waals surface area contributed by atoms with Gasteiger partial charge in [0.2, 0.25) is 0 Å². The second-order valence-corrected chi connectivity index (χ2v) is 5.04. The molecule has 2 rings (SSSR count). The molecule has 0 atom stereocenters. The Morgan fingerprint density at radius 3 is 2.48 bits per heavy atom. The zero-order valence-electron chi connectivity index (χ0n) is 11.0. The van der Waals surface area contributed by atoms with E-state index < -0.39 is 11.7 Å². The lowest BCUT2D eigenvalue weighted by Gasteiger charge is -2.14. The fraction of sp³-hybridized carbons (Fsp3) is 0.133. The van der Waals surface area contributed by atoms with Gasteiger partial charge in [0.15, 0.2) is 0 Å². The van der Waals surface area contributed by atoms with Crippen LogP contribution in [-0.4, -0.2) is 6.26 Å². The van der Waals surface area contributed by atoms with Crippen LogP contribution in [0.15, 0.2) is 47.4 Å². The minimum atomic E-state index is -4.55. The second-order valence-electron chi connectivity index (χ2n) is 4.20. The Labute approximate surface area is 124 Å². The summed E-state index contributed by atoms with van der Waals surface area (Å²) < 4.78 is 38.7. The van der Waals surface area contributed by atoms with E-state index in [1.54, 1.807) is 18.2 Å². The molecule has 0 aliphatic rings. The summed E-state index contributed by atoms with van der Waals surface area (Å²) in [5.74, 6) is 0. The predicted octanol–water partition coefficient (Wildman–Crippen LogP) is 5.04. The standard InChI is InChI=1S/C15H11F3N2S/c1-21-14-5-3-2-4-13(14)20-11-7-6-10(9-19)12(8-11)15(16,17)18/h2-8,20H,1H3. The van der Waals surface area contributed by atoms with Gasteiger partial charge in [-0.3, -0.25) is 0 Å². The Balaban J connectivity index is 2.40. The van der Waals surface area contributed by atoms with Crippen LogP contribution >= 0.6 is 11.8 Å². The maximum Gasteiger partial charge on any atom is 0.417 e. The van der Waals surface area contributed by atoms with Crippen molar-refractivity contribution in [1.29, 1.82) is 5.26 Å². The van der Waals surface area contributed by atoms with E-state index in [0.717, 1.165) is 16.6 Å². The SMILES string of the molecule is CSc1ccccc1Nc1ccc(C#N)c(C(F)(F)F)c1. The molecule has 0 bridgehead atoms. The van der Waals surface area contributed by atoms with E-state index in [9.17, 15) is 13.2 Å². The van der Waals surface area contributed by atoms with Crippen molar-refractivity contribution in [2.75, 3.05) is 11.6 Å². The molecule has 0 aliphatic carbocycles. The molecule has 0 heterocycles. The van der Waals surface area contributed by atoms with Gasteiger partial charge in [-0.1, -0.05) is 12.1 Å². The van der Waals surface area contributed by atoms with Gasteiger partial charge in [0.05, 0.1) is 22.9 Å². The van der Waals surface area contributed by atoms with Crippen molar-refractivity contribution in [1.82, 2.24) is 0 Å². The van der Waals surface area contributed by atoms with E-state index >= 15 is 0 Å². The Morgan fingerprint density at radius 1 is 1.14 bits per heavy atom. The highest BCUT2D eigenvalue weighted by molar-refractivity contribution is 7.98. The van der Waals surface area contributed by atoms with Crippen molar-refractivity contribution in [3.8, 4) is 6.07 Å². The normalized spacial score (nSPS) is 11.0. The first kappa shape index (κ1) is 15.3. The molecule has 0 fully saturated rings. The van der Waals surface area contributed by atoms with Gasteiger partial charge in [-0.25, -0.2) is 0 Å². The quantitative estimate of drug-likeness (QED) is 0.807. The third-order valence-corrected chi connectivity index (χ3v) is 3.63. The zero-order valence-corrected chi connectivity index (χ0v) is 11.8. The van der Waals surface area contributed by atoms with Gasteiger partial charge < -0.3 is 5.32 Å². The van der Waals surface area contributed by atoms with Crippen LogP contribution < -0.4 is 5.32 Å². The van der Waals surface area contributed by atoms with Gasteiger partial charge in [-0.15, -0.1) is 11.8 Å². The lowest BCUT2D eigenvalue weighted by Crippen LogP contribution is -2.08. The van der Waals surface area contributed by atoms with Crippen molar-refractivity contribution in [3.05, 3.63) is 53.6 Å². The monoisotopic (exact) mass is 308 g/mol. The maximum atomic E-state index is 12.9. The smallest absolute Gasteiger partial charge is 0.355 e. The molecule has 0 radical (unpaired) electrons. The van der Waals surface area contributed by atoms with Gasteiger partial charge in [-0.05, 0) is 36.6 Å². The number of alkyl halides is 3. The first-order valence-electron chi connectivity index (χ1n) is 5.97. The summed E-state index contributed by atoms with van der Waals surface area (Å²) >= 11 is 1.50. The number of thioether (sulfide) groups is 1. The topological polar surface area (TPSA) is 35.8 Å². The molecular formula is C15H11F3N2S. The molecule has 6 heteroatoms. The Bertz CT molecular complexity index is 690. The molecule has 1 N–H and O–H groups in total. The van der Waals surface area contributed by atoms with Gasteiger partial charge in [0.25, 0.3) is 0 Å². The minimum Gasteiger partial charge on any atom is -0.355 e. The largest absolute Gasteiger partial charge is 0.417 e. The lowest BCUT2D eigenvalue weighted by molar-refractivity contribution is -0.137. The van der Waals surface area contributed by atoms with E-state index in [4.69, 9.17) is 5.26 Å². The van der Waals surface area contributed by atoms with Gasteiger partial charge >= 0.3 is 6.18 Å². The molecule has 0 unspecified atom stereocenters. The zero-order chi connectivity index (χ0) is 15.5. The highest BCUT2D eigenvalue weighted by atomic mass is 32.2. The molecule has 108 valence electrons. The molecule has 0 aliphatic heterocycles. The van der Waals surface area contributed by atoms with Crippen LogP contribution in [0.25, 0.3) is 0 Å². The molecule has 0 spiro atoms. The first-order chi connectivity index (χ1) is 9.95. The molecular weight excluding hydrogens is 297 g/mol. The van der Waals surface area contributed by atoms with E-state index in [1.165, 1.54) is 23.9 Å². The predicted molar refractivity (Wildman–Crippen MR) is 77.7 cm³/mol. The summed E-state index contributed by atoms with van der Waals surface area (Å²) in [4.78, 5) is 0.926. The van der Waals surface area contributed by atoms with E-state index in [1.807, 2.05) is 18.4 Å². The van der Waals surface area contributed by atoms with Gasteiger partial charge in [0.1, 0.15) is 0 Å². The number of rotatable bonds is 3. The van der Waals surface area contributed by atoms with E-state index in [0.29, 0.717) is 5.69 Å². The summed E-state index contributed by atoms with van der Waals surface area (Å²) in [6.07, 6.45) is -2.66. The average molecular weight is 308 g/mol. The second kappa shape index (κ2) is 6.10. The van der Waals surface area contributed by atoms with Crippen molar-refractivity contribution in [2.45, 2.75) is 11.1 Å². The van der Waals surface area contributed by atoms with Crippen LogP contribution in [0.2, 0.25) is 0 Å². The summed E-state index contributed by atoms with van der Waals surface area (Å²) in [5, 5.41) is 11.7. The number of hydrogen-bond donors (Lipinski definition) is 1. The highest BCUT2D eigenvalue weighted by Crippen LogP contribution is 2.35. The number of nitriles is 1. The van der Waals surface area contributed by atoms with E-state index in [-0.39, 0.29) is 5.56 Å². The van der Waals surface area contributed by atoms with Crippen LogP contribution in [0.3, 0.4) is 0 Å². The van der Waals surface area contributed by atoms with Crippen molar-refractivity contribution >= 4 is 23.1 Å². The fourth-order valence-corrected chi connectivity index (χ4v) is 2.41. The van der Waals surface area contributed by atoms with Crippen molar-refractivity contribution in [2.24, 2.45) is 0 Å². The van der Waals surface area contributed by atoms with Crippen molar-refractivity contribution in [3.63, 3.8) is 0 Å². The molecule has 21 heavy (non-hydrogen) atoms. The van der Waals surface area contributed by atoms with Gasteiger partial charge in [0, 0.05) is 10.6 Å². The molecule has 0 saturated heterocycles. The third-order valence-electron chi connectivity index (χ3n) is 2.83. The fourth-order valence-electron chi connectivity index (χ4n) is 1.86. The number of nitrogens with zero attached hydrogens (tertiary/aromatic N) is 1. The number of benzene rings is 2. The summed E-state index contributed by atoms with van der Waals surface area (Å²) in [6, 6.07) is 12.5. The molecule has 2 nitrogen and oxygen atoms in total. The molecule has 0 amide bonds. The van der Waals surface area contributed by atoms with Crippen LogP contribution in [0.1, 0.15) is 11.1 Å². The number of halogens is 3.